The summed E-state index contributed by atoms with van der Waals surface area (Å²) in [5.74, 6) is 0. The Morgan fingerprint density at radius 3 is 1.73 bits per heavy atom. The van der Waals surface area contributed by atoms with Crippen molar-refractivity contribution in [3.05, 3.63) is 265 Å². The fourth-order valence-electron chi connectivity index (χ4n) is 11.0. The normalized spacial score (nSPS) is 14.4. The number of rotatable bonds is 6. The molecule has 0 bridgehead atoms. The van der Waals surface area contributed by atoms with Crippen LogP contribution in [0.1, 0.15) is 22.3 Å². The van der Waals surface area contributed by atoms with Gasteiger partial charge in [0.2, 0.25) is 0 Å². The zero-order valence-corrected chi connectivity index (χ0v) is 34.5. The second-order valence-corrected chi connectivity index (χ2v) is 16.8. The zero-order valence-electron chi connectivity index (χ0n) is 34.5. The molecule has 2 heterocycles. The summed E-state index contributed by atoms with van der Waals surface area (Å²) in [6.45, 7) is 0. The summed E-state index contributed by atoms with van der Waals surface area (Å²) in [7, 11) is 0. The van der Waals surface area contributed by atoms with Gasteiger partial charge in [0.15, 0.2) is 0 Å². The van der Waals surface area contributed by atoms with E-state index in [1.807, 2.05) is 0 Å². The van der Waals surface area contributed by atoms with Gasteiger partial charge in [0.25, 0.3) is 0 Å². The summed E-state index contributed by atoms with van der Waals surface area (Å²) in [4.78, 5) is 2.39. The molecule has 2 heteroatoms. The smallest absolute Gasteiger partial charge is 0.0754 e. The Kier molecular flexibility index (Phi) is 7.85. The molecule has 63 heavy (non-hydrogen) atoms. The van der Waals surface area contributed by atoms with Gasteiger partial charge in [-0.3, -0.25) is 0 Å². The van der Waals surface area contributed by atoms with Crippen LogP contribution in [0.5, 0.6) is 0 Å². The summed E-state index contributed by atoms with van der Waals surface area (Å²) < 4.78 is 2.51. The Morgan fingerprint density at radius 1 is 0.317 bits per heavy atom. The average Bonchev–Trinajstić information content (AvgIpc) is 3.85. The van der Waals surface area contributed by atoms with Crippen LogP contribution in [0.25, 0.3) is 72.0 Å². The molecule has 2 aliphatic rings. The van der Waals surface area contributed by atoms with E-state index in [1.54, 1.807) is 0 Å². The molecule has 10 aromatic carbocycles. The average molecular weight is 801 g/mol. The van der Waals surface area contributed by atoms with Crippen LogP contribution in [0.15, 0.2) is 243 Å². The molecule has 0 saturated heterocycles. The number of hydrogen-bond donors (Lipinski definition) is 0. The monoisotopic (exact) mass is 800 g/mol. The van der Waals surface area contributed by atoms with E-state index >= 15 is 0 Å². The van der Waals surface area contributed by atoms with Crippen LogP contribution in [0.3, 0.4) is 0 Å². The first-order valence-electron chi connectivity index (χ1n) is 21.8. The minimum absolute atomic E-state index is 0.492. The number of aromatic nitrogens is 1. The molecule has 0 N–H and O–H groups in total. The molecule has 1 spiro atoms. The topological polar surface area (TPSA) is 8.17 Å². The molecular formula is C61H40N2. The molecule has 1 unspecified atom stereocenters. The molecule has 0 fully saturated rings. The molecule has 1 aromatic heterocycles. The fourth-order valence-corrected chi connectivity index (χ4v) is 11.0. The number of hydrogen-bond acceptors (Lipinski definition) is 1. The van der Waals surface area contributed by atoms with Crippen molar-refractivity contribution in [2.45, 2.75) is 5.41 Å². The Morgan fingerprint density at radius 2 is 0.873 bits per heavy atom. The zero-order chi connectivity index (χ0) is 41.5. The van der Waals surface area contributed by atoms with Crippen molar-refractivity contribution in [1.29, 1.82) is 0 Å². The van der Waals surface area contributed by atoms with Gasteiger partial charge in [0, 0.05) is 27.7 Å². The molecular weight excluding hydrogens is 761 g/mol. The summed E-state index contributed by atoms with van der Waals surface area (Å²) in [5.41, 5.74) is 21.7. The molecule has 294 valence electrons. The third kappa shape index (κ3) is 5.19. The highest BCUT2D eigenvalue weighted by molar-refractivity contribution is 6.13. The Labute approximate surface area is 367 Å². The third-order valence-corrected chi connectivity index (χ3v) is 13.6. The number of para-hydroxylation sites is 5. The van der Waals surface area contributed by atoms with Crippen LogP contribution in [0.4, 0.5) is 17.1 Å². The van der Waals surface area contributed by atoms with E-state index in [9.17, 15) is 0 Å². The first-order chi connectivity index (χ1) is 31.3. The van der Waals surface area contributed by atoms with Gasteiger partial charge in [-0.2, -0.15) is 0 Å². The maximum Gasteiger partial charge on any atom is 0.0754 e. The second-order valence-electron chi connectivity index (χ2n) is 16.8. The third-order valence-electron chi connectivity index (χ3n) is 13.6. The molecule has 2 nitrogen and oxygen atoms in total. The minimum Gasteiger partial charge on any atom is -0.310 e. The highest BCUT2D eigenvalue weighted by atomic mass is 15.1. The number of benzene rings is 10. The van der Waals surface area contributed by atoms with Crippen molar-refractivity contribution in [3.8, 4) is 50.2 Å². The van der Waals surface area contributed by atoms with E-state index in [0.29, 0.717) is 0 Å². The lowest BCUT2D eigenvalue weighted by Gasteiger charge is -2.39. The van der Waals surface area contributed by atoms with E-state index < -0.39 is 5.41 Å². The first-order valence-corrected chi connectivity index (χ1v) is 21.8. The van der Waals surface area contributed by atoms with E-state index in [1.165, 1.54) is 94.3 Å². The highest BCUT2D eigenvalue weighted by Crippen LogP contribution is 2.61. The Hall–Kier alpha value is -8.20. The van der Waals surface area contributed by atoms with Crippen molar-refractivity contribution < 1.29 is 0 Å². The van der Waals surface area contributed by atoms with Crippen LogP contribution >= 0.6 is 0 Å². The molecule has 1 aliphatic heterocycles. The largest absolute Gasteiger partial charge is 0.310 e. The standard InChI is InChI=1S/C61H40N2/c1-3-17-41(18-4-1)43-19-15-20-45(39-43)48-23-8-12-30-57(48)62(46-21-5-2-6-22-46)47-36-33-42(34-37-47)44-35-38-50-49-24-7-10-27-53(49)61(56(50)40-44)54-28-11-14-32-59(54)63-58-31-13-9-25-51(58)52-26-16-29-55(61)60(52)63/h1-40H. The van der Waals surface area contributed by atoms with E-state index in [-0.39, 0.29) is 0 Å². The van der Waals surface area contributed by atoms with Gasteiger partial charge in [0.1, 0.15) is 0 Å². The first kappa shape index (κ1) is 35.5. The van der Waals surface area contributed by atoms with Gasteiger partial charge in [-0.25, -0.2) is 0 Å². The van der Waals surface area contributed by atoms with E-state index in [2.05, 4.69) is 252 Å². The van der Waals surface area contributed by atoms with E-state index in [4.69, 9.17) is 0 Å². The molecule has 13 rings (SSSR count). The highest BCUT2D eigenvalue weighted by Gasteiger charge is 2.50. The minimum atomic E-state index is -0.492. The molecule has 1 aliphatic carbocycles. The van der Waals surface area contributed by atoms with Gasteiger partial charge in [-0.1, -0.05) is 188 Å². The predicted molar refractivity (Wildman–Crippen MR) is 263 cm³/mol. The van der Waals surface area contributed by atoms with Gasteiger partial charge in [-0.15, -0.1) is 0 Å². The van der Waals surface area contributed by atoms with Crippen molar-refractivity contribution in [2.75, 3.05) is 4.90 Å². The fraction of sp³-hybridized carbons (Fsp3) is 0.0164. The summed E-state index contributed by atoms with van der Waals surface area (Å²) in [5, 5.41) is 2.58. The maximum absolute atomic E-state index is 2.51. The van der Waals surface area contributed by atoms with Crippen LogP contribution in [0.2, 0.25) is 0 Å². The van der Waals surface area contributed by atoms with Crippen LogP contribution in [-0.4, -0.2) is 4.57 Å². The van der Waals surface area contributed by atoms with Gasteiger partial charge in [-0.05, 0) is 116 Å². The summed E-state index contributed by atoms with van der Waals surface area (Å²) in [6, 6.07) is 89.4. The quantitative estimate of drug-likeness (QED) is 0.163. The number of nitrogens with zero attached hydrogens (tertiary/aromatic N) is 2. The molecule has 0 amide bonds. The Balaban J connectivity index is 0.966. The van der Waals surface area contributed by atoms with Gasteiger partial charge < -0.3 is 9.47 Å². The van der Waals surface area contributed by atoms with Crippen LogP contribution < -0.4 is 4.90 Å². The van der Waals surface area contributed by atoms with Gasteiger partial charge in [0.05, 0.1) is 27.8 Å². The lowest BCUT2D eigenvalue weighted by atomic mass is 9.65. The summed E-state index contributed by atoms with van der Waals surface area (Å²) >= 11 is 0. The van der Waals surface area contributed by atoms with E-state index in [0.717, 1.165) is 17.1 Å². The van der Waals surface area contributed by atoms with Crippen LogP contribution in [-0.2, 0) is 5.41 Å². The Bertz CT molecular complexity index is 3560. The molecule has 0 radical (unpaired) electrons. The second kappa shape index (κ2) is 13.9. The van der Waals surface area contributed by atoms with Gasteiger partial charge >= 0.3 is 0 Å². The summed E-state index contributed by atoms with van der Waals surface area (Å²) in [6.07, 6.45) is 0. The van der Waals surface area contributed by atoms with Crippen molar-refractivity contribution in [2.24, 2.45) is 0 Å². The molecule has 11 aromatic rings. The van der Waals surface area contributed by atoms with Crippen molar-refractivity contribution >= 4 is 38.9 Å². The lowest BCUT2D eigenvalue weighted by molar-refractivity contribution is 0.749. The molecule has 0 saturated carbocycles. The van der Waals surface area contributed by atoms with Crippen LogP contribution in [0, 0.1) is 0 Å². The van der Waals surface area contributed by atoms with Crippen molar-refractivity contribution in [1.82, 2.24) is 4.57 Å². The predicted octanol–water partition coefficient (Wildman–Crippen LogP) is 15.9. The maximum atomic E-state index is 2.51. The SMILES string of the molecule is c1ccc(-c2cccc(-c3ccccc3N(c3ccccc3)c3ccc(-c4ccc5c(c4)C4(c6ccccc6-5)c5ccccc5-n5c6ccccc6c6cccc4c65)cc3)c2)cc1. The molecule has 1 atom stereocenters. The van der Waals surface area contributed by atoms with Crippen molar-refractivity contribution in [3.63, 3.8) is 0 Å². The number of anilines is 3. The number of fused-ring (bicyclic) bond motifs is 12. The lowest BCUT2D eigenvalue weighted by Crippen LogP contribution is -2.33.